The Bertz CT molecular complexity index is 458. The highest BCUT2D eigenvalue weighted by atomic mass is 16.4. The Morgan fingerprint density at radius 1 is 1.53 bits per heavy atom. The molecule has 0 aliphatic heterocycles. The molecule has 0 saturated heterocycles. The molecule has 0 aliphatic rings. The highest BCUT2D eigenvalue weighted by Gasteiger charge is 2.33. The maximum Gasteiger partial charge on any atom is 0.329 e. The van der Waals surface area contributed by atoms with Crippen LogP contribution in [0.3, 0.4) is 0 Å². The number of aromatic nitrogens is 1. The van der Waals surface area contributed by atoms with Gasteiger partial charge in [-0.05, 0) is 20.3 Å². The van der Waals surface area contributed by atoms with Crippen LogP contribution < -0.4 is 10.6 Å². The van der Waals surface area contributed by atoms with Gasteiger partial charge in [0.2, 0.25) is 5.89 Å². The van der Waals surface area contributed by atoms with E-state index in [4.69, 9.17) is 9.52 Å². The average molecular weight is 269 g/mol. The van der Waals surface area contributed by atoms with Crippen LogP contribution in [-0.2, 0) is 11.3 Å². The number of hydrogen-bond acceptors (Lipinski definition) is 4. The molecule has 0 aromatic carbocycles. The fourth-order valence-corrected chi connectivity index (χ4v) is 1.66. The number of aliphatic carboxylic acids is 1. The van der Waals surface area contributed by atoms with E-state index in [0.717, 1.165) is 0 Å². The van der Waals surface area contributed by atoms with E-state index in [0.29, 0.717) is 24.5 Å². The van der Waals surface area contributed by atoms with E-state index in [1.807, 2.05) is 6.92 Å². The van der Waals surface area contributed by atoms with Gasteiger partial charge in [0.1, 0.15) is 11.3 Å². The zero-order valence-corrected chi connectivity index (χ0v) is 11.3. The molecule has 1 rings (SSSR count). The molecule has 1 unspecified atom stereocenters. The third-order valence-electron chi connectivity index (χ3n) is 2.68. The molecular weight excluding hydrogens is 250 g/mol. The minimum Gasteiger partial charge on any atom is -0.480 e. The number of carboxylic acid groups (broad SMARTS) is 1. The largest absolute Gasteiger partial charge is 0.480 e. The summed E-state index contributed by atoms with van der Waals surface area (Å²) in [5.74, 6) is -0.0322. The summed E-state index contributed by atoms with van der Waals surface area (Å²) in [5.41, 5.74) is -1.27. The molecule has 106 valence electrons. The number of oxazole rings is 1. The van der Waals surface area contributed by atoms with Crippen LogP contribution in [0.5, 0.6) is 0 Å². The van der Waals surface area contributed by atoms with Crippen LogP contribution in [0.2, 0.25) is 0 Å². The standard InChI is InChI=1S/C12H19N3O4/c1-4-5-12(3,10(16)17)15-11(18)14-7-9-13-6-8(2)19-9/h6H,4-5,7H2,1-3H3,(H,16,17)(H2,14,15,18). The van der Waals surface area contributed by atoms with Gasteiger partial charge < -0.3 is 20.2 Å². The molecule has 1 atom stereocenters. The average Bonchev–Trinajstić information content (AvgIpc) is 2.72. The zero-order valence-electron chi connectivity index (χ0n) is 11.3. The zero-order chi connectivity index (χ0) is 14.5. The number of nitrogens with one attached hydrogen (secondary N) is 2. The summed E-state index contributed by atoms with van der Waals surface area (Å²) in [6.45, 7) is 5.20. The van der Waals surface area contributed by atoms with Gasteiger partial charge in [-0.3, -0.25) is 0 Å². The Hall–Kier alpha value is -2.05. The van der Waals surface area contributed by atoms with Crippen molar-refractivity contribution < 1.29 is 19.1 Å². The van der Waals surface area contributed by atoms with Crippen molar-refractivity contribution in [2.45, 2.75) is 45.7 Å². The predicted molar refractivity (Wildman–Crippen MR) is 67.6 cm³/mol. The van der Waals surface area contributed by atoms with Crippen molar-refractivity contribution in [3.8, 4) is 0 Å². The molecule has 7 nitrogen and oxygen atoms in total. The second-order valence-corrected chi connectivity index (χ2v) is 4.56. The summed E-state index contributed by atoms with van der Waals surface area (Å²) in [5, 5.41) is 14.1. The van der Waals surface area contributed by atoms with E-state index in [1.54, 1.807) is 13.1 Å². The molecular formula is C12H19N3O4. The number of urea groups is 1. The van der Waals surface area contributed by atoms with Crippen molar-refractivity contribution in [3.63, 3.8) is 0 Å². The van der Waals surface area contributed by atoms with Gasteiger partial charge in [0.05, 0.1) is 12.7 Å². The number of amides is 2. The molecule has 0 spiro atoms. The van der Waals surface area contributed by atoms with Crippen molar-refractivity contribution in [2.24, 2.45) is 0 Å². The molecule has 0 bridgehead atoms. The van der Waals surface area contributed by atoms with E-state index in [2.05, 4.69) is 15.6 Å². The molecule has 1 aromatic rings. The number of aryl methyl sites for hydroxylation is 1. The maximum atomic E-state index is 11.7. The van der Waals surface area contributed by atoms with Gasteiger partial charge in [-0.2, -0.15) is 0 Å². The van der Waals surface area contributed by atoms with Crippen LogP contribution in [0.4, 0.5) is 4.79 Å². The first-order valence-corrected chi connectivity index (χ1v) is 6.08. The Morgan fingerprint density at radius 2 is 2.21 bits per heavy atom. The Labute approximate surface area is 111 Å². The quantitative estimate of drug-likeness (QED) is 0.724. The molecule has 1 heterocycles. The van der Waals surface area contributed by atoms with Crippen molar-refractivity contribution in [1.29, 1.82) is 0 Å². The van der Waals surface area contributed by atoms with Crippen LogP contribution in [0, 0.1) is 6.92 Å². The number of carbonyl (C=O) groups is 2. The number of carboxylic acids is 1. The Morgan fingerprint density at radius 3 is 2.68 bits per heavy atom. The predicted octanol–water partition coefficient (Wildman–Crippen LogP) is 1.43. The molecule has 7 heteroatoms. The number of hydrogen-bond donors (Lipinski definition) is 3. The van der Waals surface area contributed by atoms with Crippen LogP contribution in [0.1, 0.15) is 38.3 Å². The smallest absolute Gasteiger partial charge is 0.329 e. The van der Waals surface area contributed by atoms with E-state index in [-0.39, 0.29) is 6.54 Å². The molecule has 0 fully saturated rings. The monoisotopic (exact) mass is 269 g/mol. The first kappa shape index (κ1) is 15.0. The highest BCUT2D eigenvalue weighted by molar-refractivity contribution is 5.85. The van der Waals surface area contributed by atoms with Crippen molar-refractivity contribution in [2.75, 3.05) is 0 Å². The summed E-state index contributed by atoms with van der Waals surface area (Å²) in [6.07, 6.45) is 2.56. The van der Waals surface area contributed by atoms with E-state index in [1.165, 1.54) is 6.92 Å². The van der Waals surface area contributed by atoms with E-state index < -0.39 is 17.5 Å². The fourth-order valence-electron chi connectivity index (χ4n) is 1.66. The summed E-state index contributed by atoms with van der Waals surface area (Å²) >= 11 is 0. The Balaban J connectivity index is 2.51. The lowest BCUT2D eigenvalue weighted by molar-refractivity contribution is -0.144. The van der Waals surface area contributed by atoms with Crippen LogP contribution >= 0.6 is 0 Å². The van der Waals surface area contributed by atoms with Gasteiger partial charge in [0.25, 0.3) is 0 Å². The molecule has 19 heavy (non-hydrogen) atoms. The van der Waals surface area contributed by atoms with Gasteiger partial charge in [0.15, 0.2) is 0 Å². The number of rotatable bonds is 6. The van der Waals surface area contributed by atoms with Gasteiger partial charge >= 0.3 is 12.0 Å². The molecule has 0 aliphatic carbocycles. The summed E-state index contributed by atoms with van der Waals surface area (Å²) in [4.78, 5) is 26.7. The number of nitrogens with zero attached hydrogens (tertiary/aromatic N) is 1. The van der Waals surface area contributed by atoms with E-state index in [9.17, 15) is 9.59 Å². The topological polar surface area (TPSA) is 104 Å². The van der Waals surface area contributed by atoms with Gasteiger partial charge in [0, 0.05) is 0 Å². The van der Waals surface area contributed by atoms with Crippen molar-refractivity contribution in [1.82, 2.24) is 15.6 Å². The molecule has 2 amide bonds. The van der Waals surface area contributed by atoms with Crippen LogP contribution in [0.15, 0.2) is 10.6 Å². The third-order valence-corrected chi connectivity index (χ3v) is 2.68. The molecule has 3 N–H and O–H groups in total. The second kappa shape index (κ2) is 6.21. The number of carbonyl (C=O) groups excluding carboxylic acids is 1. The lowest BCUT2D eigenvalue weighted by Crippen LogP contribution is -2.55. The van der Waals surface area contributed by atoms with Crippen molar-refractivity contribution >= 4 is 12.0 Å². The first-order chi connectivity index (χ1) is 8.87. The van der Waals surface area contributed by atoms with Crippen LogP contribution in [0.25, 0.3) is 0 Å². The minimum absolute atomic E-state index is 0.113. The van der Waals surface area contributed by atoms with Crippen molar-refractivity contribution in [3.05, 3.63) is 17.8 Å². The third kappa shape index (κ3) is 4.27. The normalized spacial score (nSPS) is 13.6. The van der Waals surface area contributed by atoms with Gasteiger partial charge in [-0.25, -0.2) is 14.6 Å². The summed E-state index contributed by atoms with van der Waals surface area (Å²) in [7, 11) is 0. The fraction of sp³-hybridized carbons (Fsp3) is 0.583. The summed E-state index contributed by atoms with van der Waals surface area (Å²) in [6, 6.07) is -0.561. The maximum absolute atomic E-state index is 11.7. The SMILES string of the molecule is CCCC(C)(NC(=O)NCc1ncc(C)o1)C(=O)O. The second-order valence-electron chi connectivity index (χ2n) is 4.56. The lowest BCUT2D eigenvalue weighted by Gasteiger charge is -2.25. The summed E-state index contributed by atoms with van der Waals surface area (Å²) < 4.78 is 5.19. The van der Waals surface area contributed by atoms with Gasteiger partial charge in [-0.15, -0.1) is 0 Å². The minimum atomic E-state index is -1.27. The molecule has 1 aromatic heterocycles. The Kier molecular flexibility index (Phi) is 4.91. The first-order valence-electron chi connectivity index (χ1n) is 6.08. The highest BCUT2D eigenvalue weighted by Crippen LogP contribution is 2.12. The lowest BCUT2D eigenvalue weighted by atomic mass is 9.97. The van der Waals surface area contributed by atoms with Gasteiger partial charge in [-0.1, -0.05) is 13.3 Å². The molecule has 0 saturated carbocycles. The molecule has 0 radical (unpaired) electrons. The van der Waals surface area contributed by atoms with E-state index >= 15 is 0 Å². The van der Waals surface area contributed by atoms with Crippen LogP contribution in [-0.4, -0.2) is 27.6 Å².